The Labute approximate surface area is 127 Å². The van der Waals surface area contributed by atoms with Crippen molar-refractivity contribution >= 4 is 27.2 Å². The molecule has 0 saturated heterocycles. The van der Waals surface area contributed by atoms with Gasteiger partial charge in [-0.05, 0) is 24.7 Å². The first-order chi connectivity index (χ1) is 9.53. The van der Waals surface area contributed by atoms with Gasteiger partial charge in [0.2, 0.25) is 0 Å². The highest BCUT2D eigenvalue weighted by molar-refractivity contribution is 7.94. The standard InChI is InChI=1S/C14H25NO3S2/c1-2-3-4-5-6-7-8-10-18-14(19)15-13-9-11-20(16,17)12-13/h9,11,13H,2-8,10,12H2,1H3,(H,15,19). The van der Waals surface area contributed by atoms with E-state index in [0.717, 1.165) is 12.8 Å². The first-order valence-corrected chi connectivity index (χ1v) is 9.50. The van der Waals surface area contributed by atoms with Crippen molar-refractivity contribution in [2.45, 2.75) is 57.9 Å². The lowest BCUT2D eigenvalue weighted by Crippen LogP contribution is -2.35. The molecule has 1 rings (SSSR count). The second kappa shape index (κ2) is 9.34. The predicted molar refractivity (Wildman–Crippen MR) is 86.4 cm³/mol. The molecule has 116 valence electrons. The topological polar surface area (TPSA) is 55.4 Å². The van der Waals surface area contributed by atoms with Crippen LogP contribution < -0.4 is 5.32 Å². The van der Waals surface area contributed by atoms with Crippen LogP contribution in [0.5, 0.6) is 0 Å². The van der Waals surface area contributed by atoms with Gasteiger partial charge in [-0.2, -0.15) is 0 Å². The maximum atomic E-state index is 11.2. The highest BCUT2D eigenvalue weighted by Gasteiger charge is 2.22. The van der Waals surface area contributed by atoms with Gasteiger partial charge >= 0.3 is 0 Å². The molecule has 1 unspecified atom stereocenters. The normalized spacial score (nSPS) is 19.9. The molecule has 0 amide bonds. The van der Waals surface area contributed by atoms with Gasteiger partial charge in [-0.25, -0.2) is 8.42 Å². The van der Waals surface area contributed by atoms with E-state index in [2.05, 4.69) is 12.2 Å². The Balaban J connectivity index is 1.97. The smallest absolute Gasteiger partial charge is 0.257 e. The Hall–Kier alpha value is -0.620. The van der Waals surface area contributed by atoms with Crippen molar-refractivity contribution in [3.63, 3.8) is 0 Å². The van der Waals surface area contributed by atoms with Gasteiger partial charge in [0.15, 0.2) is 9.84 Å². The minimum absolute atomic E-state index is 0.0634. The number of rotatable bonds is 9. The molecule has 1 heterocycles. The number of unbranched alkanes of at least 4 members (excludes halogenated alkanes) is 6. The van der Waals surface area contributed by atoms with Crippen LogP contribution in [0.1, 0.15) is 51.9 Å². The zero-order valence-electron chi connectivity index (χ0n) is 12.1. The average molecular weight is 319 g/mol. The summed E-state index contributed by atoms with van der Waals surface area (Å²) in [7, 11) is -3.04. The Bertz CT molecular complexity index is 418. The molecule has 0 spiro atoms. The predicted octanol–water partition coefficient (Wildman–Crippen LogP) is 2.94. The third kappa shape index (κ3) is 7.85. The van der Waals surface area contributed by atoms with E-state index < -0.39 is 9.84 Å². The Morgan fingerprint density at radius 2 is 1.90 bits per heavy atom. The molecule has 0 aliphatic carbocycles. The van der Waals surface area contributed by atoms with E-state index >= 15 is 0 Å². The number of ether oxygens (including phenoxy) is 1. The summed E-state index contributed by atoms with van der Waals surface area (Å²) < 4.78 is 27.8. The van der Waals surface area contributed by atoms with E-state index in [-0.39, 0.29) is 11.8 Å². The minimum Gasteiger partial charge on any atom is -0.471 e. The minimum atomic E-state index is -3.04. The highest BCUT2D eigenvalue weighted by atomic mass is 32.2. The third-order valence-corrected chi connectivity index (χ3v) is 4.85. The molecule has 1 N–H and O–H groups in total. The van der Waals surface area contributed by atoms with Gasteiger partial charge in [0.25, 0.3) is 5.17 Å². The number of thiocarbonyl (C=S) groups is 1. The van der Waals surface area contributed by atoms with Crippen LogP contribution in [0.2, 0.25) is 0 Å². The van der Waals surface area contributed by atoms with Gasteiger partial charge in [0.1, 0.15) is 0 Å². The number of sulfone groups is 1. The average Bonchev–Trinajstić information content (AvgIpc) is 2.72. The lowest BCUT2D eigenvalue weighted by atomic mass is 10.1. The summed E-state index contributed by atoms with van der Waals surface area (Å²) in [6.07, 6.45) is 10.2. The molecule has 6 heteroatoms. The van der Waals surface area contributed by atoms with Gasteiger partial charge in [-0.15, -0.1) is 0 Å². The molecule has 0 saturated carbocycles. The van der Waals surface area contributed by atoms with Crippen molar-refractivity contribution in [3.05, 3.63) is 11.5 Å². The molecule has 1 aliphatic rings. The fraction of sp³-hybridized carbons (Fsp3) is 0.786. The van der Waals surface area contributed by atoms with E-state index in [4.69, 9.17) is 17.0 Å². The fourth-order valence-electron chi connectivity index (χ4n) is 2.08. The van der Waals surface area contributed by atoms with E-state index in [1.165, 1.54) is 37.5 Å². The molecule has 0 aromatic rings. The van der Waals surface area contributed by atoms with Crippen LogP contribution in [0.15, 0.2) is 11.5 Å². The van der Waals surface area contributed by atoms with Crippen molar-refractivity contribution in [1.29, 1.82) is 0 Å². The fourth-order valence-corrected chi connectivity index (χ4v) is 3.55. The van der Waals surface area contributed by atoms with Crippen molar-refractivity contribution in [1.82, 2.24) is 5.32 Å². The SMILES string of the molecule is CCCCCCCCCOC(=S)NC1C=CS(=O)(=O)C1. The van der Waals surface area contributed by atoms with E-state index in [1.54, 1.807) is 6.08 Å². The van der Waals surface area contributed by atoms with Crippen molar-refractivity contribution in [2.75, 3.05) is 12.4 Å². The summed E-state index contributed by atoms with van der Waals surface area (Å²) in [4.78, 5) is 0. The molecule has 4 nitrogen and oxygen atoms in total. The van der Waals surface area contributed by atoms with Gasteiger partial charge in [-0.1, -0.05) is 45.4 Å². The zero-order valence-corrected chi connectivity index (χ0v) is 13.8. The van der Waals surface area contributed by atoms with Gasteiger partial charge in [0, 0.05) is 5.41 Å². The first kappa shape index (κ1) is 17.4. The van der Waals surface area contributed by atoms with E-state index in [0.29, 0.717) is 11.8 Å². The van der Waals surface area contributed by atoms with Crippen LogP contribution in [-0.4, -0.2) is 32.0 Å². The van der Waals surface area contributed by atoms with Crippen LogP contribution in [0.25, 0.3) is 0 Å². The second-order valence-corrected chi connectivity index (χ2v) is 7.47. The summed E-state index contributed by atoms with van der Waals surface area (Å²) >= 11 is 5.04. The lowest BCUT2D eigenvalue weighted by Gasteiger charge is -2.13. The molecule has 20 heavy (non-hydrogen) atoms. The van der Waals surface area contributed by atoms with Gasteiger partial charge in [-0.3, -0.25) is 0 Å². The van der Waals surface area contributed by atoms with Crippen LogP contribution >= 0.6 is 12.2 Å². The monoisotopic (exact) mass is 319 g/mol. The molecule has 1 aliphatic heterocycles. The van der Waals surface area contributed by atoms with Crippen LogP contribution in [-0.2, 0) is 14.6 Å². The molecule has 0 aromatic heterocycles. The summed E-state index contributed by atoms with van der Waals surface area (Å²) in [5, 5.41) is 4.42. The molecular weight excluding hydrogens is 294 g/mol. The molecule has 0 bridgehead atoms. The van der Waals surface area contributed by atoms with Crippen molar-refractivity contribution in [3.8, 4) is 0 Å². The highest BCUT2D eigenvalue weighted by Crippen LogP contribution is 2.09. The van der Waals surface area contributed by atoms with Crippen LogP contribution in [0.3, 0.4) is 0 Å². The van der Waals surface area contributed by atoms with Crippen molar-refractivity contribution in [2.24, 2.45) is 0 Å². The number of hydrogen-bond acceptors (Lipinski definition) is 4. The lowest BCUT2D eigenvalue weighted by molar-refractivity contribution is 0.285. The van der Waals surface area contributed by atoms with E-state index in [9.17, 15) is 8.42 Å². The summed E-state index contributed by atoms with van der Waals surface area (Å²) in [5.74, 6) is 0.0634. The number of nitrogens with one attached hydrogen (secondary N) is 1. The maximum absolute atomic E-state index is 11.2. The first-order valence-electron chi connectivity index (χ1n) is 7.38. The Morgan fingerprint density at radius 3 is 2.50 bits per heavy atom. The zero-order chi connectivity index (χ0) is 14.8. The third-order valence-electron chi connectivity index (χ3n) is 3.21. The Kier molecular flexibility index (Phi) is 8.14. The molecule has 0 aromatic carbocycles. The van der Waals surface area contributed by atoms with Crippen LogP contribution in [0.4, 0.5) is 0 Å². The van der Waals surface area contributed by atoms with Crippen molar-refractivity contribution < 1.29 is 13.2 Å². The largest absolute Gasteiger partial charge is 0.471 e. The number of hydrogen-bond donors (Lipinski definition) is 1. The summed E-state index contributed by atoms with van der Waals surface area (Å²) in [5.41, 5.74) is 0. The van der Waals surface area contributed by atoms with Gasteiger partial charge in [0.05, 0.1) is 18.4 Å². The summed E-state index contributed by atoms with van der Waals surface area (Å²) in [6, 6.07) is -0.249. The summed E-state index contributed by atoms with van der Waals surface area (Å²) in [6.45, 7) is 2.81. The Morgan fingerprint density at radius 1 is 1.25 bits per heavy atom. The maximum Gasteiger partial charge on any atom is 0.257 e. The quantitative estimate of drug-likeness (QED) is 0.523. The molecule has 1 atom stereocenters. The van der Waals surface area contributed by atoms with E-state index in [1.807, 2.05) is 0 Å². The molecule has 0 radical (unpaired) electrons. The second-order valence-electron chi connectivity index (χ2n) is 5.17. The van der Waals surface area contributed by atoms with Crippen LogP contribution in [0, 0.1) is 0 Å². The molecule has 0 fully saturated rings. The molecular formula is C14H25NO3S2. The van der Waals surface area contributed by atoms with Gasteiger partial charge < -0.3 is 10.1 Å².